The van der Waals surface area contributed by atoms with Gasteiger partial charge in [0.1, 0.15) is 17.2 Å². The number of aryl methyl sites for hydroxylation is 1. The minimum absolute atomic E-state index is 0.0299. The summed E-state index contributed by atoms with van der Waals surface area (Å²) in [5.41, 5.74) is 0.877. The number of hydrogen-bond acceptors (Lipinski definition) is 9. The lowest BCUT2D eigenvalue weighted by Crippen LogP contribution is -2.31. The number of Topliss-reactive ketones (excluding diaryl/α,β-unsaturated/α-hetero) is 1. The molecule has 8 nitrogen and oxygen atoms in total. The van der Waals surface area contributed by atoms with Crippen molar-refractivity contribution in [3.8, 4) is 5.75 Å². The second-order valence-corrected chi connectivity index (χ2v) is 11.0. The summed E-state index contributed by atoms with van der Waals surface area (Å²) >= 11 is 2.18. The normalized spacial score (nSPS) is 15.3. The number of aliphatic hydroxyl groups is 1. The Morgan fingerprint density at radius 1 is 1.26 bits per heavy atom. The fraction of sp³-hybridized carbons (Fsp3) is 0.286. The second kappa shape index (κ2) is 11.7. The van der Waals surface area contributed by atoms with Crippen molar-refractivity contribution in [3.63, 3.8) is 0 Å². The molecule has 3 heterocycles. The van der Waals surface area contributed by atoms with Gasteiger partial charge in [-0.1, -0.05) is 56.0 Å². The highest BCUT2D eigenvalue weighted by Gasteiger charge is 2.46. The molecular formula is C28H28N2O6S2. The maximum atomic E-state index is 13.5. The third-order valence-corrected chi connectivity index (χ3v) is 7.85. The van der Waals surface area contributed by atoms with Crippen LogP contribution >= 0.6 is 22.7 Å². The van der Waals surface area contributed by atoms with E-state index in [4.69, 9.17) is 9.47 Å². The number of benzene rings is 1. The van der Waals surface area contributed by atoms with Crippen molar-refractivity contribution in [1.82, 2.24) is 4.98 Å². The molecule has 0 fully saturated rings. The first-order valence-corrected chi connectivity index (χ1v) is 13.8. The number of nitrogens with zero attached hydrogens (tertiary/aromatic N) is 2. The van der Waals surface area contributed by atoms with Crippen LogP contribution in [-0.4, -0.2) is 41.0 Å². The van der Waals surface area contributed by atoms with Gasteiger partial charge >= 0.3 is 5.97 Å². The Labute approximate surface area is 228 Å². The fourth-order valence-electron chi connectivity index (χ4n) is 3.95. The molecule has 2 aromatic heterocycles. The molecule has 38 heavy (non-hydrogen) atoms. The molecule has 4 rings (SSSR count). The van der Waals surface area contributed by atoms with E-state index in [9.17, 15) is 19.5 Å². The van der Waals surface area contributed by atoms with Crippen LogP contribution in [0.15, 0.2) is 65.8 Å². The van der Waals surface area contributed by atoms with E-state index in [2.05, 4.69) is 25.4 Å². The smallest absolute Gasteiger partial charge is 0.350 e. The lowest BCUT2D eigenvalue weighted by atomic mass is 9.95. The Bertz CT molecular complexity index is 1390. The van der Waals surface area contributed by atoms with Gasteiger partial charge in [-0.05, 0) is 48.4 Å². The highest BCUT2D eigenvalue weighted by atomic mass is 32.1. The van der Waals surface area contributed by atoms with Gasteiger partial charge in [0.2, 0.25) is 5.78 Å². The minimum Gasteiger partial charge on any atom is -0.503 e. The average molecular weight is 553 g/mol. The number of carbonyl (C=O) groups is 3. The van der Waals surface area contributed by atoms with Crippen molar-refractivity contribution in [2.75, 3.05) is 18.1 Å². The van der Waals surface area contributed by atoms with Gasteiger partial charge in [-0.2, -0.15) is 0 Å². The van der Waals surface area contributed by atoms with Crippen LogP contribution in [0.3, 0.4) is 0 Å². The van der Waals surface area contributed by atoms with E-state index in [1.807, 2.05) is 0 Å². The predicted octanol–water partition coefficient (Wildman–Crippen LogP) is 6.06. The number of rotatable bonds is 11. The third-order valence-electron chi connectivity index (χ3n) is 5.84. The van der Waals surface area contributed by atoms with Crippen LogP contribution < -0.4 is 9.64 Å². The van der Waals surface area contributed by atoms with E-state index in [1.165, 1.54) is 22.3 Å². The summed E-state index contributed by atoms with van der Waals surface area (Å²) < 4.78 is 11.1. The van der Waals surface area contributed by atoms with E-state index in [1.54, 1.807) is 48.7 Å². The van der Waals surface area contributed by atoms with Crippen LogP contribution in [0.4, 0.5) is 5.13 Å². The third kappa shape index (κ3) is 5.56. The second-order valence-electron chi connectivity index (χ2n) is 9.05. The van der Waals surface area contributed by atoms with E-state index in [-0.39, 0.29) is 22.2 Å². The summed E-state index contributed by atoms with van der Waals surface area (Å²) in [7, 11) is 0. The molecule has 1 amide bonds. The molecule has 1 aliphatic rings. The first-order chi connectivity index (χ1) is 18.2. The zero-order valence-corrected chi connectivity index (χ0v) is 22.9. The number of aromatic nitrogens is 1. The molecule has 0 aliphatic carbocycles. The van der Waals surface area contributed by atoms with Gasteiger partial charge in [-0.25, -0.2) is 9.78 Å². The summed E-state index contributed by atoms with van der Waals surface area (Å²) in [5.74, 6) is -1.43. The zero-order chi connectivity index (χ0) is 27.4. The Morgan fingerprint density at radius 3 is 2.74 bits per heavy atom. The molecule has 198 valence electrons. The Hall–Kier alpha value is -3.76. The quantitative estimate of drug-likeness (QED) is 0.175. The van der Waals surface area contributed by atoms with Gasteiger partial charge in [0, 0.05) is 0 Å². The van der Waals surface area contributed by atoms with Crippen LogP contribution in [0.25, 0.3) is 0 Å². The highest BCUT2D eigenvalue weighted by molar-refractivity contribution is 7.17. The van der Waals surface area contributed by atoms with Crippen molar-refractivity contribution in [2.45, 2.75) is 33.2 Å². The molecule has 1 N–H and O–H groups in total. The molecule has 0 bridgehead atoms. The number of aliphatic hydroxyl groups excluding tert-OH is 1. The molecule has 3 aromatic rings. The number of thiazole rings is 1. The van der Waals surface area contributed by atoms with Crippen molar-refractivity contribution >= 4 is 45.5 Å². The number of esters is 1. The fourth-order valence-corrected chi connectivity index (χ4v) is 5.62. The number of ketones is 1. The summed E-state index contributed by atoms with van der Waals surface area (Å²) in [4.78, 5) is 45.8. The molecule has 0 spiro atoms. The Kier molecular flexibility index (Phi) is 8.43. The molecule has 10 heteroatoms. The van der Waals surface area contributed by atoms with E-state index < -0.39 is 29.5 Å². The van der Waals surface area contributed by atoms with Gasteiger partial charge < -0.3 is 14.6 Å². The lowest BCUT2D eigenvalue weighted by Gasteiger charge is -2.25. The van der Waals surface area contributed by atoms with E-state index in [0.29, 0.717) is 34.4 Å². The monoisotopic (exact) mass is 552 g/mol. The van der Waals surface area contributed by atoms with Crippen LogP contribution in [0.1, 0.15) is 56.9 Å². The van der Waals surface area contributed by atoms with Gasteiger partial charge in [-0.3, -0.25) is 14.5 Å². The molecule has 1 unspecified atom stereocenters. The van der Waals surface area contributed by atoms with Crippen LogP contribution in [-0.2, 0) is 9.53 Å². The van der Waals surface area contributed by atoms with Crippen LogP contribution in [0.2, 0.25) is 0 Å². The number of hydrogen-bond donors (Lipinski definition) is 1. The van der Waals surface area contributed by atoms with Crippen molar-refractivity contribution in [3.05, 3.63) is 86.8 Å². The maximum absolute atomic E-state index is 13.5. The first-order valence-electron chi connectivity index (χ1n) is 12.1. The molecule has 0 saturated carbocycles. The maximum Gasteiger partial charge on any atom is 0.350 e. The van der Waals surface area contributed by atoms with Gasteiger partial charge in [0.25, 0.3) is 5.91 Å². The molecule has 0 saturated heterocycles. The van der Waals surface area contributed by atoms with Gasteiger partial charge in [0.05, 0.1) is 28.8 Å². The standard InChI is InChI=1S/C28H28N2O6S2/c1-5-12-36-27(34)25-17(4)29-28(38-25)30-22(18-8-6-9-19(15-18)35-13-11-16(2)3)21(24(32)26(30)33)23(31)20-10-7-14-37-20/h5-10,14-16,22,32H,1,11-13H2,2-4H3. The number of amides is 1. The topological polar surface area (TPSA) is 106 Å². The Morgan fingerprint density at radius 2 is 2.05 bits per heavy atom. The average Bonchev–Trinajstić information content (AvgIpc) is 3.61. The van der Waals surface area contributed by atoms with Crippen molar-refractivity contribution in [2.24, 2.45) is 5.92 Å². The van der Waals surface area contributed by atoms with E-state index >= 15 is 0 Å². The van der Waals surface area contributed by atoms with Gasteiger partial charge in [-0.15, -0.1) is 11.3 Å². The molecular weight excluding hydrogens is 524 g/mol. The van der Waals surface area contributed by atoms with Crippen LogP contribution in [0.5, 0.6) is 5.75 Å². The summed E-state index contributed by atoms with van der Waals surface area (Å²) in [6, 6.07) is 9.49. The summed E-state index contributed by atoms with van der Waals surface area (Å²) in [6.45, 7) is 9.93. The van der Waals surface area contributed by atoms with Crippen molar-refractivity contribution in [1.29, 1.82) is 0 Å². The predicted molar refractivity (Wildman–Crippen MR) is 147 cm³/mol. The van der Waals surface area contributed by atoms with Crippen LogP contribution in [0, 0.1) is 12.8 Å². The summed E-state index contributed by atoms with van der Waals surface area (Å²) in [5, 5.41) is 12.9. The largest absolute Gasteiger partial charge is 0.503 e. The number of ether oxygens (including phenoxy) is 2. The first kappa shape index (κ1) is 27.3. The zero-order valence-electron chi connectivity index (χ0n) is 21.3. The Balaban J connectivity index is 1.78. The van der Waals surface area contributed by atoms with Gasteiger partial charge in [0.15, 0.2) is 10.9 Å². The molecule has 1 aromatic carbocycles. The minimum atomic E-state index is -0.978. The van der Waals surface area contributed by atoms with Crippen molar-refractivity contribution < 1.29 is 29.0 Å². The lowest BCUT2D eigenvalue weighted by molar-refractivity contribution is -0.117. The number of thiophene rings is 1. The molecule has 0 radical (unpaired) electrons. The summed E-state index contributed by atoms with van der Waals surface area (Å²) in [6.07, 6.45) is 2.32. The number of carbonyl (C=O) groups excluding carboxylic acids is 3. The SMILES string of the molecule is C=CCOC(=O)c1sc(N2C(=O)C(O)=C(C(=O)c3cccs3)C2c2cccc(OCCC(C)C)c2)nc1C. The molecule has 1 atom stereocenters. The molecule has 1 aliphatic heterocycles. The number of anilines is 1. The van der Waals surface area contributed by atoms with E-state index in [0.717, 1.165) is 17.8 Å². The highest BCUT2D eigenvalue weighted by Crippen LogP contribution is 2.44.